The van der Waals surface area contributed by atoms with Crippen LogP contribution >= 0.6 is 23.2 Å². The fourth-order valence-electron chi connectivity index (χ4n) is 10.1. The highest BCUT2D eigenvalue weighted by Gasteiger charge is 2.35. The molecular formula is C64H89Cl2N13O8. The van der Waals surface area contributed by atoms with Gasteiger partial charge >= 0.3 is 6.09 Å². The number of amidine groups is 3. The molecule has 4 aromatic rings. The van der Waals surface area contributed by atoms with Crippen LogP contribution in [-0.2, 0) is 46.3 Å². The first-order chi connectivity index (χ1) is 41.2. The zero-order chi connectivity index (χ0) is 60.9. The number of piperazine rings is 2. The van der Waals surface area contributed by atoms with Crippen molar-refractivity contribution < 1.29 is 38.3 Å². The van der Waals surface area contributed by atoms with Gasteiger partial charge in [-0.2, -0.15) is 0 Å². The van der Waals surface area contributed by atoms with Gasteiger partial charge in [0, 0.05) is 57.9 Å². The van der Waals surface area contributed by atoms with Crippen molar-refractivity contribution in [3.8, 4) is 11.1 Å². The number of carbonyl (C=O) groups excluding carboxylic acids is 7. The van der Waals surface area contributed by atoms with Gasteiger partial charge in [0.2, 0.25) is 35.4 Å². The molecule has 4 aliphatic rings. The number of nitrogens with two attached hydrogens (primary N) is 3. The molecule has 8 rings (SSSR count). The van der Waals surface area contributed by atoms with Crippen LogP contribution in [0.2, 0.25) is 0 Å². The van der Waals surface area contributed by atoms with Gasteiger partial charge in [-0.15, -0.1) is 23.2 Å². The lowest BCUT2D eigenvalue weighted by Gasteiger charge is -2.29. The number of amides is 7. The Bertz CT molecular complexity index is 2800. The van der Waals surface area contributed by atoms with E-state index in [1.54, 1.807) is 0 Å². The third-order valence-corrected chi connectivity index (χ3v) is 15.3. The van der Waals surface area contributed by atoms with Crippen molar-refractivity contribution in [1.29, 1.82) is 0 Å². The van der Waals surface area contributed by atoms with Crippen LogP contribution in [0.3, 0.4) is 0 Å². The van der Waals surface area contributed by atoms with Crippen molar-refractivity contribution in [1.82, 2.24) is 37.2 Å². The van der Waals surface area contributed by atoms with Crippen LogP contribution in [0.25, 0.3) is 11.1 Å². The molecule has 3 aliphatic heterocycles. The maximum absolute atomic E-state index is 13.0. The van der Waals surface area contributed by atoms with Gasteiger partial charge < -0.3 is 59.2 Å². The third-order valence-electron chi connectivity index (χ3n) is 14.8. The number of rotatable bonds is 22. The van der Waals surface area contributed by atoms with Crippen molar-refractivity contribution in [3.05, 3.63) is 131 Å². The molecule has 0 saturated carbocycles. The largest absolute Gasteiger partial charge is 0.449 e. The zero-order valence-electron chi connectivity index (χ0n) is 48.2. The summed E-state index contributed by atoms with van der Waals surface area (Å²) in [5.41, 5.74) is 23.4. The van der Waals surface area contributed by atoms with Gasteiger partial charge in [-0.1, -0.05) is 131 Å². The third kappa shape index (κ3) is 23.3. The SMILES string of the molecule is C.C.CCC(N)=NCCC[C@@H]1CNC(=O)C(NC(=O)OCC2c3ccccc3-c3ccccc32)CCCCNC1=O.NC(CCl)=NCCC[C@@H]1NC(=O)[C@@H](Cc2ccccc2)NC1=O.NC(CCl)=NCCC[C@@H]1NC(=O)[C@H](Cc2ccccc2)NC1=O. The number of ether oxygens (including phenoxy) is 1. The molecule has 6 atom stereocenters. The maximum atomic E-state index is 13.0. The van der Waals surface area contributed by atoms with E-state index >= 15 is 0 Å². The molecule has 1 aliphatic carbocycles. The van der Waals surface area contributed by atoms with E-state index in [2.05, 4.69) is 76.5 Å². The lowest BCUT2D eigenvalue weighted by molar-refractivity contribution is -0.136. The van der Waals surface area contributed by atoms with Crippen LogP contribution in [0.4, 0.5) is 4.79 Å². The molecule has 0 bridgehead atoms. The van der Waals surface area contributed by atoms with E-state index in [0.717, 1.165) is 33.4 Å². The molecule has 1 unspecified atom stereocenters. The monoisotopic (exact) mass is 1240 g/mol. The summed E-state index contributed by atoms with van der Waals surface area (Å²) in [5, 5.41) is 19.7. The van der Waals surface area contributed by atoms with Gasteiger partial charge in [-0.3, -0.25) is 43.7 Å². The van der Waals surface area contributed by atoms with E-state index in [9.17, 15) is 33.6 Å². The first-order valence-electron chi connectivity index (χ1n) is 29.1. The number of hydrogen-bond acceptors (Lipinski definition) is 11. The van der Waals surface area contributed by atoms with Gasteiger partial charge in [0.1, 0.15) is 48.5 Å². The summed E-state index contributed by atoms with van der Waals surface area (Å²) in [6.45, 7) is 4.38. The summed E-state index contributed by atoms with van der Waals surface area (Å²) in [4.78, 5) is 99.5. The number of nitrogens with zero attached hydrogens (tertiary/aromatic N) is 3. The molecule has 3 fully saturated rings. The van der Waals surface area contributed by atoms with Gasteiger partial charge in [0.05, 0.1) is 23.5 Å². The first kappa shape index (κ1) is 71.4. The maximum Gasteiger partial charge on any atom is 0.407 e. The Morgan fingerprint density at radius 2 is 0.989 bits per heavy atom. The van der Waals surface area contributed by atoms with Gasteiger partial charge in [-0.25, -0.2) is 4.79 Å². The van der Waals surface area contributed by atoms with Crippen LogP contribution in [0.5, 0.6) is 0 Å². The summed E-state index contributed by atoms with van der Waals surface area (Å²) >= 11 is 11.1. The molecule has 472 valence electrons. The molecule has 7 amide bonds. The Hall–Kier alpha value is -8.04. The molecule has 3 saturated heterocycles. The van der Waals surface area contributed by atoms with Gasteiger partial charge in [0.25, 0.3) is 0 Å². The minimum atomic E-state index is -0.733. The quantitative estimate of drug-likeness (QED) is 0.0190. The summed E-state index contributed by atoms with van der Waals surface area (Å²) in [6.07, 6.45) is 6.52. The van der Waals surface area contributed by atoms with E-state index in [-0.39, 0.29) is 87.0 Å². The average Bonchev–Trinajstić information content (AvgIpc) is 2.62. The minimum absolute atomic E-state index is 0. The number of fused-ring (bicyclic) bond motifs is 3. The highest BCUT2D eigenvalue weighted by Crippen LogP contribution is 2.44. The summed E-state index contributed by atoms with van der Waals surface area (Å²) in [7, 11) is 0. The van der Waals surface area contributed by atoms with Crippen LogP contribution in [-0.4, -0.2) is 140 Å². The second-order valence-electron chi connectivity index (χ2n) is 21.0. The molecule has 13 N–H and O–H groups in total. The molecule has 0 radical (unpaired) electrons. The van der Waals surface area contributed by atoms with E-state index in [1.165, 1.54) is 0 Å². The molecule has 3 heterocycles. The van der Waals surface area contributed by atoms with Crippen molar-refractivity contribution >= 4 is 82.2 Å². The zero-order valence-corrected chi connectivity index (χ0v) is 49.7. The van der Waals surface area contributed by atoms with Crippen molar-refractivity contribution in [2.45, 2.75) is 135 Å². The van der Waals surface area contributed by atoms with Gasteiger partial charge in [-0.05, 0) is 91.2 Å². The second kappa shape index (κ2) is 38.2. The number of aliphatic imine (C=N–C) groups is 3. The van der Waals surface area contributed by atoms with Crippen LogP contribution in [0.15, 0.2) is 124 Å². The highest BCUT2D eigenvalue weighted by atomic mass is 35.5. The summed E-state index contributed by atoms with van der Waals surface area (Å²) in [5.74, 6) is 0.325. The Morgan fingerprint density at radius 3 is 1.47 bits per heavy atom. The lowest BCUT2D eigenvalue weighted by atomic mass is 9.98. The van der Waals surface area contributed by atoms with Crippen LogP contribution in [0, 0.1) is 5.92 Å². The summed E-state index contributed by atoms with van der Waals surface area (Å²) in [6, 6.07) is 32.7. The number of alkyl carbamates (subject to hydrolysis) is 1. The van der Waals surface area contributed by atoms with E-state index < -0.39 is 36.3 Å². The molecule has 0 spiro atoms. The molecule has 21 nitrogen and oxygen atoms in total. The summed E-state index contributed by atoms with van der Waals surface area (Å²) < 4.78 is 5.66. The smallest absolute Gasteiger partial charge is 0.407 e. The van der Waals surface area contributed by atoms with Crippen molar-refractivity contribution in [2.24, 2.45) is 38.1 Å². The minimum Gasteiger partial charge on any atom is -0.449 e. The Kier molecular flexibility index (Phi) is 31.4. The number of carbonyl (C=O) groups is 7. The number of hydrogen-bond donors (Lipinski definition) is 10. The first-order valence-corrected chi connectivity index (χ1v) is 30.2. The number of benzene rings is 4. The van der Waals surface area contributed by atoms with E-state index in [0.29, 0.717) is 121 Å². The number of alkyl halides is 2. The lowest BCUT2D eigenvalue weighted by Crippen LogP contribution is -2.62. The Morgan fingerprint density at radius 1 is 0.552 bits per heavy atom. The van der Waals surface area contributed by atoms with Crippen LogP contribution in [0.1, 0.15) is 114 Å². The Labute approximate surface area is 522 Å². The molecule has 23 heteroatoms. The fourth-order valence-corrected chi connectivity index (χ4v) is 10.3. The topological polar surface area (TPSA) is 328 Å². The predicted molar refractivity (Wildman–Crippen MR) is 346 cm³/mol. The molecular weight excluding hydrogens is 1150 g/mol. The van der Waals surface area contributed by atoms with Crippen molar-refractivity contribution in [3.63, 3.8) is 0 Å². The number of halogens is 2. The number of nitrogens with one attached hydrogen (secondary N) is 7. The molecule has 4 aromatic carbocycles. The standard InChI is InChI=1S/C30H39N5O4.2C16H21ClN4O2.2CH4/c1-2-27(31)32-17-9-10-20-18-34-29(37)26(15-7-8-16-33-28(20)36)35-30(38)39-19-25-23-13-5-3-11-21(23)22-12-4-6-14-24(22)25;2*17-10-14(18)19-8-4-7-12-15(22)21-13(16(23)20-12)9-11-5-2-1-3-6-11;;/h3-6,11-14,20,25-26H,2,7-10,15-19H2,1H3,(H2,31,32)(H,33,36)(H,34,37)(H,35,38);2*1-3,5-6,12-13H,4,7-10H2,(H2,18,19)(H,20,23)(H,21,22);2*1H4/t20-,26?;12-,13+;12-,13-;;/m100../s1. The second-order valence-corrected chi connectivity index (χ2v) is 21.6. The molecule has 0 aromatic heterocycles. The van der Waals surface area contributed by atoms with E-state index in [4.69, 9.17) is 45.1 Å². The van der Waals surface area contributed by atoms with E-state index in [1.807, 2.05) is 91.9 Å². The predicted octanol–water partition coefficient (Wildman–Crippen LogP) is 5.92. The molecule has 87 heavy (non-hydrogen) atoms. The van der Waals surface area contributed by atoms with Crippen molar-refractivity contribution in [2.75, 3.05) is 51.1 Å². The fraction of sp³-hybridized carbons (Fsp3) is 0.469. The Balaban J connectivity index is 0.000000292. The highest BCUT2D eigenvalue weighted by molar-refractivity contribution is 6.28. The normalized spacial score (nSPS) is 20.5. The average molecular weight is 1240 g/mol. The van der Waals surface area contributed by atoms with Gasteiger partial charge in [0.15, 0.2) is 0 Å². The van der Waals surface area contributed by atoms with Crippen LogP contribution < -0.4 is 54.4 Å².